The fraction of sp³-hybridized carbons (Fsp3) is 0.480. The predicted molar refractivity (Wildman–Crippen MR) is 126 cm³/mol. The number of phenols is 1. The Kier molecular flexibility index (Phi) is 5.58. The fourth-order valence-corrected chi connectivity index (χ4v) is 5.57. The zero-order valence-corrected chi connectivity index (χ0v) is 19.5. The number of aromatic hydroxyl groups is 1. The number of nitrogens with zero attached hydrogens (tertiary/aromatic N) is 6. The topological polar surface area (TPSA) is 106 Å². The van der Waals surface area contributed by atoms with Crippen molar-refractivity contribution in [2.24, 2.45) is 11.8 Å². The van der Waals surface area contributed by atoms with Gasteiger partial charge in [-0.15, -0.1) is 10.2 Å². The number of aromatic nitrogens is 5. The first-order valence-electron chi connectivity index (χ1n) is 12.1. The minimum atomic E-state index is -0.863. The van der Waals surface area contributed by atoms with Crippen LogP contribution in [0.25, 0.3) is 22.6 Å². The largest absolute Gasteiger partial charge is 0.507 e. The summed E-state index contributed by atoms with van der Waals surface area (Å²) in [5.74, 6) is 2.24. The van der Waals surface area contributed by atoms with Crippen LogP contribution in [0.1, 0.15) is 32.1 Å². The minimum absolute atomic E-state index is 0.00831. The molecule has 2 fully saturated rings. The first kappa shape index (κ1) is 21.9. The van der Waals surface area contributed by atoms with E-state index in [0.717, 1.165) is 25.7 Å². The Morgan fingerprint density at radius 1 is 1.03 bits per heavy atom. The van der Waals surface area contributed by atoms with Crippen LogP contribution in [0.5, 0.6) is 17.5 Å². The average molecular weight is 479 g/mol. The molecule has 182 valence electrons. The van der Waals surface area contributed by atoms with E-state index in [1.54, 1.807) is 30.6 Å². The average Bonchev–Trinajstić information content (AvgIpc) is 2.90. The standard InChI is InChI=1S/C25H27FN6O3/c1-32(19-10-14-3-2-4-16(9-14)22(19)26)21-13-27-23(31-30-21)17-6-5-15(11-20(17)33)18-12-28-24-25(29-18)35-8-7-34-24/h5-6,11-14,16,19,22,33H,2-4,7-10H2,1H3/t14-,16+,19+,22-/m0/s1. The molecule has 3 aliphatic rings. The number of ether oxygens (including phenoxy) is 2. The monoisotopic (exact) mass is 478 g/mol. The highest BCUT2D eigenvalue weighted by molar-refractivity contribution is 5.71. The number of rotatable bonds is 4. The van der Waals surface area contributed by atoms with E-state index in [-0.39, 0.29) is 23.5 Å². The van der Waals surface area contributed by atoms with Crippen molar-refractivity contribution < 1.29 is 19.0 Å². The number of anilines is 1. The van der Waals surface area contributed by atoms with Gasteiger partial charge < -0.3 is 19.5 Å². The molecule has 0 radical (unpaired) electrons. The Morgan fingerprint density at radius 3 is 2.69 bits per heavy atom. The Hall–Kier alpha value is -3.56. The Labute approximate surface area is 202 Å². The maximum atomic E-state index is 15.2. The lowest BCUT2D eigenvalue weighted by atomic mass is 9.69. The third-order valence-electron chi connectivity index (χ3n) is 7.43. The number of fused-ring (bicyclic) bond motifs is 3. The molecule has 1 N–H and O–H groups in total. The normalized spacial score (nSPS) is 25.2. The number of benzene rings is 1. The number of phenolic OH excluding ortho intramolecular Hbond substituents is 1. The molecule has 2 aromatic heterocycles. The van der Waals surface area contributed by atoms with Gasteiger partial charge in [-0.25, -0.2) is 19.3 Å². The molecule has 4 atom stereocenters. The maximum absolute atomic E-state index is 15.2. The first-order chi connectivity index (χ1) is 17.1. The van der Waals surface area contributed by atoms with Gasteiger partial charge in [0.05, 0.1) is 29.7 Å². The lowest BCUT2D eigenvalue weighted by Crippen LogP contribution is -2.49. The van der Waals surface area contributed by atoms with Gasteiger partial charge in [-0.1, -0.05) is 18.9 Å². The van der Waals surface area contributed by atoms with Crippen molar-refractivity contribution in [2.45, 2.75) is 44.3 Å². The van der Waals surface area contributed by atoms with Crippen LogP contribution in [0.4, 0.5) is 10.2 Å². The van der Waals surface area contributed by atoms with Crippen molar-refractivity contribution >= 4 is 5.82 Å². The van der Waals surface area contributed by atoms with Crippen LogP contribution in [0, 0.1) is 11.8 Å². The molecule has 0 saturated heterocycles. The van der Waals surface area contributed by atoms with Crippen LogP contribution in [-0.2, 0) is 0 Å². The highest BCUT2D eigenvalue weighted by atomic mass is 19.1. The molecule has 9 nitrogen and oxygen atoms in total. The number of hydrogen-bond acceptors (Lipinski definition) is 9. The van der Waals surface area contributed by atoms with Gasteiger partial charge >= 0.3 is 0 Å². The van der Waals surface area contributed by atoms with Crippen LogP contribution in [0.15, 0.2) is 30.6 Å². The number of halogens is 1. The van der Waals surface area contributed by atoms with Gasteiger partial charge in [0.1, 0.15) is 25.1 Å². The molecule has 35 heavy (non-hydrogen) atoms. The summed E-state index contributed by atoms with van der Waals surface area (Å²) in [5, 5.41) is 19.2. The van der Waals surface area contributed by atoms with Crippen LogP contribution >= 0.6 is 0 Å². The molecule has 2 bridgehead atoms. The van der Waals surface area contributed by atoms with E-state index < -0.39 is 6.17 Å². The number of alkyl halides is 1. The Morgan fingerprint density at radius 2 is 1.89 bits per heavy atom. The van der Waals surface area contributed by atoms with Gasteiger partial charge in [0.15, 0.2) is 11.6 Å². The second kappa shape index (κ2) is 8.90. The summed E-state index contributed by atoms with van der Waals surface area (Å²) in [4.78, 5) is 15.0. The second-order valence-electron chi connectivity index (χ2n) is 9.59. The minimum Gasteiger partial charge on any atom is -0.507 e. The summed E-state index contributed by atoms with van der Waals surface area (Å²) in [6, 6.07) is 4.88. The van der Waals surface area contributed by atoms with E-state index >= 15 is 4.39 Å². The fourth-order valence-electron chi connectivity index (χ4n) is 5.57. The summed E-state index contributed by atoms with van der Waals surface area (Å²) in [6.07, 6.45) is 7.43. The summed E-state index contributed by atoms with van der Waals surface area (Å²) < 4.78 is 26.1. The van der Waals surface area contributed by atoms with Gasteiger partial charge in [0.25, 0.3) is 11.8 Å². The molecule has 0 unspecified atom stereocenters. The molecule has 2 saturated carbocycles. The van der Waals surface area contributed by atoms with E-state index in [0.29, 0.717) is 53.5 Å². The third-order valence-corrected chi connectivity index (χ3v) is 7.43. The second-order valence-corrected chi connectivity index (χ2v) is 9.59. The smallest absolute Gasteiger partial charge is 0.278 e. The molecule has 6 rings (SSSR count). The van der Waals surface area contributed by atoms with E-state index in [2.05, 4.69) is 25.1 Å². The molecule has 1 aliphatic heterocycles. The molecule has 3 heterocycles. The van der Waals surface area contributed by atoms with Crippen LogP contribution in [0.3, 0.4) is 0 Å². The van der Waals surface area contributed by atoms with Gasteiger partial charge in [0.2, 0.25) is 0 Å². The van der Waals surface area contributed by atoms with E-state index in [1.807, 2.05) is 11.9 Å². The van der Waals surface area contributed by atoms with Crippen molar-refractivity contribution in [3.8, 4) is 40.2 Å². The molecule has 1 aromatic carbocycles. The Balaban J connectivity index is 1.21. The molecule has 3 aromatic rings. The maximum Gasteiger partial charge on any atom is 0.278 e. The van der Waals surface area contributed by atoms with Crippen LogP contribution in [0.2, 0.25) is 0 Å². The molecule has 2 aliphatic carbocycles. The highest BCUT2D eigenvalue weighted by Gasteiger charge is 2.42. The lowest BCUT2D eigenvalue weighted by Gasteiger charge is -2.45. The SMILES string of the molecule is CN(c1cnc(-c2ccc(-c3cnc4c(n3)OCCO4)cc2O)nn1)[C@@H]1C[C@H]2CCC[C@H](C2)[C@@H]1F. The van der Waals surface area contributed by atoms with Gasteiger partial charge in [-0.2, -0.15) is 0 Å². The van der Waals surface area contributed by atoms with Crippen molar-refractivity contribution in [1.29, 1.82) is 0 Å². The Bertz CT molecular complexity index is 1230. The van der Waals surface area contributed by atoms with Gasteiger partial charge in [-0.05, 0) is 43.2 Å². The molecular formula is C25H27FN6O3. The summed E-state index contributed by atoms with van der Waals surface area (Å²) in [6.45, 7) is 0.855. The van der Waals surface area contributed by atoms with E-state index in [9.17, 15) is 5.11 Å². The zero-order valence-electron chi connectivity index (χ0n) is 19.5. The molecule has 0 spiro atoms. The predicted octanol–water partition coefficient (Wildman–Crippen LogP) is 3.83. The molecule has 0 amide bonds. The van der Waals surface area contributed by atoms with Gasteiger partial charge in [-0.3, -0.25) is 0 Å². The summed E-state index contributed by atoms with van der Waals surface area (Å²) in [7, 11) is 1.87. The van der Waals surface area contributed by atoms with Crippen molar-refractivity contribution in [3.63, 3.8) is 0 Å². The quantitative estimate of drug-likeness (QED) is 0.599. The van der Waals surface area contributed by atoms with Crippen LogP contribution in [-0.4, -0.2) is 62.7 Å². The van der Waals surface area contributed by atoms with Crippen molar-refractivity contribution in [3.05, 3.63) is 30.6 Å². The van der Waals surface area contributed by atoms with E-state index in [1.165, 1.54) is 6.42 Å². The lowest BCUT2D eigenvalue weighted by molar-refractivity contribution is 0.0656. The summed E-state index contributed by atoms with van der Waals surface area (Å²) >= 11 is 0. The van der Waals surface area contributed by atoms with Crippen LogP contribution < -0.4 is 14.4 Å². The summed E-state index contributed by atoms with van der Waals surface area (Å²) in [5.41, 5.74) is 1.65. The zero-order chi connectivity index (χ0) is 23.9. The van der Waals surface area contributed by atoms with Crippen molar-refractivity contribution in [2.75, 3.05) is 25.2 Å². The van der Waals surface area contributed by atoms with Gasteiger partial charge in [0, 0.05) is 12.6 Å². The van der Waals surface area contributed by atoms with E-state index in [4.69, 9.17) is 9.47 Å². The first-order valence-corrected chi connectivity index (χ1v) is 12.1. The molecule has 10 heteroatoms. The van der Waals surface area contributed by atoms with Crippen molar-refractivity contribution in [1.82, 2.24) is 25.1 Å². The third kappa shape index (κ3) is 4.11. The highest BCUT2D eigenvalue weighted by Crippen LogP contribution is 2.43. The molecular weight excluding hydrogens is 451 g/mol. The number of hydrogen-bond donors (Lipinski definition) is 1.